The van der Waals surface area contributed by atoms with Gasteiger partial charge < -0.3 is 14.9 Å². The third-order valence-electron chi connectivity index (χ3n) is 5.77. The topological polar surface area (TPSA) is 103 Å². The van der Waals surface area contributed by atoms with E-state index < -0.39 is 13.0 Å². The van der Waals surface area contributed by atoms with Gasteiger partial charge in [0, 0.05) is 0 Å². The zero-order chi connectivity index (χ0) is 26.2. The molecule has 0 aliphatic carbocycles. The fourth-order valence-electron chi connectivity index (χ4n) is 3.30. The lowest BCUT2D eigenvalue weighted by Crippen LogP contribution is -2.32. The van der Waals surface area contributed by atoms with Gasteiger partial charge in [0.2, 0.25) is 0 Å². The molecule has 0 spiro atoms. The third-order valence-corrected chi connectivity index (χ3v) is 7.10. The third kappa shape index (κ3) is 8.53. The fraction of sp³-hybridized carbons (Fsp3) is 0.423. The van der Waals surface area contributed by atoms with Gasteiger partial charge in [-0.25, -0.2) is 0 Å². The first-order valence-corrected chi connectivity index (χ1v) is 12.3. The van der Waals surface area contributed by atoms with Gasteiger partial charge in [-0.05, 0) is 94.2 Å². The maximum absolute atomic E-state index is 11.3. The van der Waals surface area contributed by atoms with E-state index >= 15 is 0 Å². The van der Waals surface area contributed by atoms with Gasteiger partial charge in [-0.2, -0.15) is 5.26 Å². The molecule has 1 heterocycles. The Morgan fingerprint density at radius 3 is 1.88 bits per heavy atom. The van der Waals surface area contributed by atoms with Gasteiger partial charge in [0.1, 0.15) is 12.0 Å². The average Bonchev–Trinajstić information content (AvgIpc) is 3.12. The molecule has 0 radical (unpaired) electrons. The quantitative estimate of drug-likeness (QED) is 0.323. The summed E-state index contributed by atoms with van der Waals surface area (Å²) >= 11 is 2.28. The number of Topliss-reactive ketones (excluding diaryl/α,β-unsaturated/α-hetero) is 1. The zero-order valence-electron chi connectivity index (χ0n) is 21.2. The maximum Gasteiger partial charge on any atom is 0.488 e. The number of carbonyl (C=O) groups excluding carboxylic acids is 1. The highest BCUT2D eigenvalue weighted by molar-refractivity contribution is 14.1. The molecule has 3 unspecified atom stereocenters. The Morgan fingerprint density at radius 1 is 1.00 bits per heavy atom. The Morgan fingerprint density at radius 2 is 1.50 bits per heavy atom. The Bertz CT molecular complexity index is 1080. The lowest BCUT2D eigenvalue weighted by molar-refractivity contribution is -0.117. The highest BCUT2D eigenvalue weighted by Gasteiger charge is 2.19. The first-order valence-electron chi connectivity index (χ1n) is 11.0. The number of hydrogen-bond donors (Lipinski definition) is 2. The molecule has 0 fully saturated rings. The molecule has 3 atom stereocenters. The number of hydrogen-bond acceptors (Lipinski definition) is 6. The van der Waals surface area contributed by atoms with E-state index in [1.165, 1.54) is 18.1 Å². The van der Waals surface area contributed by atoms with Crippen LogP contribution in [-0.4, -0.2) is 39.2 Å². The van der Waals surface area contributed by atoms with Crippen LogP contribution in [0.2, 0.25) is 0 Å². The largest absolute Gasteiger partial charge is 0.488 e. The van der Waals surface area contributed by atoms with E-state index in [-0.39, 0.29) is 11.9 Å². The minimum Gasteiger partial charge on any atom is -0.423 e. The van der Waals surface area contributed by atoms with Crippen LogP contribution in [0.15, 0.2) is 29.4 Å². The van der Waals surface area contributed by atoms with Crippen LogP contribution in [0.5, 0.6) is 0 Å². The number of alkyl halides is 1. The number of nitrogens with zero attached hydrogens (tertiary/aromatic N) is 2. The van der Waals surface area contributed by atoms with E-state index in [4.69, 9.17) is 20.1 Å². The molecule has 0 saturated heterocycles. The van der Waals surface area contributed by atoms with Gasteiger partial charge >= 0.3 is 7.12 Å². The molecule has 182 valence electrons. The van der Waals surface area contributed by atoms with Crippen molar-refractivity contribution in [3.63, 3.8) is 0 Å². The molecule has 2 N–H and O–H groups in total. The van der Waals surface area contributed by atoms with Crippen LogP contribution in [0.4, 0.5) is 0 Å². The molecule has 0 aromatic heterocycles. The number of benzene rings is 2. The van der Waals surface area contributed by atoms with Gasteiger partial charge in [-0.1, -0.05) is 57.6 Å². The van der Waals surface area contributed by atoms with Crippen molar-refractivity contribution in [3.05, 3.63) is 63.2 Å². The first kappa shape index (κ1) is 29.8. The molecule has 0 amide bonds. The van der Waals surface area contributed by atoms with Crippen LogP contribution in [0.25, 0.3) is 0 Å². The van der Waals surface area contributed by atoms with Crippen LogP contribution in [0.1, 0.15) is 58.7 Å². The minimum atomic E-state index is -1.36. The second kappa shape index (κ2) is 13.6. The van der Waals surface area contributed by atoms with E-state index in [0.29, 0.717) is 9.39 Å². The standard InChI is InChI=1S/C13H15NO.C9H13BO2.C4H6INO/c1-8-5-10(3)12(6-9(8)2)13(7-14)11(4)15;1-6-4-8(3)9(10(11)12)5-7(6)2;1-3-4(5)2-6-7-3/h5-6,13H,1-4H3;4-5,11-12H,1-3H3;2-4H,1H3. The Balaban J connectivity index is 0.000000271. The molecular formula is C26H34BIN2O4. The van der Waals surface area contributed by atoms with Gasteiger partial charge in [-0.3, -0.25) is 4.79 Å². The van der Waals surface area contributed by atoms with Crippen molar-refractivity contribution in [2.45, 2.75) is 71.3 Å². The summed E-state index contributed by atoms with van der Waals surface area (Å²) in [6, 6.07) is 9.80. The van der Waals surface area contributed by atoms with Crippen LogP contribution in [-0.2, 0) is 9.63 Å². The number of ketones is 1. The normalized spacial score (nSPS) is 16.8. The summed E-state index contributed by atoms with van der Waals surface area (Å²) in [5, 5.41) is 30.5. The summed E-state index contributed by atoms with van der Waals surface area (Å²) in [5.74, 6) is -0.715. The molecule has 1 aliphatic heterocycles. The number of halogens is 1. The summed E-state index contributed by atoms with van der Waals surface area (Å²) in [7, 11) is -1.36. The molecule has 2 aromatic rings. The lowest BCUT2D eigenvalue weighted by atomic mass is 9.76. The summed E-state index contributed by atoms with van der Waals surface area (Å²) in [6.07, 6.45) is 2.09. The molecule has 0 bridgehead atoms. The first-order chi connectivity index (χ1) is 15.8. The number of oxime groups is 1. The average molecular weight is 576 g/mol. The van der Waals surface area contributed by atoms with Crippen LogP contribution in [0.3, 0.4) is 0 Å². The lowest BCUT2D eigenvalue weighted by Gasteiger charge is -2.12. The van der Waals surface area contributed by atoms with Crippen LogP contribution in [0, 0.1) is 52.9 Å². The molecule has 1 aliphatic rings. The SMILES string of the molecule is CC(=O)C(C#N)c1cc(C)c(C)cc1C.CC1ON=CC1I.Cc1cc(C)c(B(O)O)cc1C. The molecule has 34 heavy (non-hydrogen) atoms. The predicted molar refractivity (Wildman–Crippen MR) is 147 cm³/mol. The minimum absolute atomic E-state index is 0.0937. The van der Waals surface area contributed by atoms with E-state index in [0.717, 1.165) is 27.8 Å². The van der Waals surface area contributed by atoms with Crippen LogP contribution < -0.4 is 5.46 Å². The molecule has 2 aromatic carbocycles. The number of aryl methyl sites for hydroxylation is 6. The van der Waals surface area contributed by atoms with Crippen molar-refractivity contribution < 1.29 is 19.7 Å². The maximum atomic E-state index is 11.3. The smallest absolute Gasteiger partial charge is 0.423 e. The molecule has 0 saturated carbocycles. The highest BCUT2D eigenvalue weighted by Crippen LogP contribution is 2.23. The van der Waals surface area contributed by atoms with Crippen LogP contribution >= 0.6 is 22.6 Å². The van der Waals surface area contributed by atoms with E-state index in [1.54, 1.807) is 0 Å². The van der Waals surface area contributed by atoms with Crippen molar-refractivity contribution in [2.75, 3.05) is 0 Å². The Kier molecular flexibility index (Phi) is 11.9. The molecular weight excluding hydrogens is 542 g/mol. The second-order valence-electron chi connectivity index (χ2n) is 8.64. The van der Waals surface area contributed by atoms with Gasteiger partial charge in [-0.15, -0.1) is 0 Å². The fourth-order valence-corrected chi connectivity index (χ4v) is 3.57. The summed E-state index contributed by atoms with van der Waals surface area (Å²) in [5.41, 5.74) is 7.95. The van der Waals surface area contributed by atoms with Gasteiger partial charge in [0.25, 0.3) is 0 Å². The number of nitriles is 1. The zero-order valence-corrected chi connectivity index (χ0v) is 23.3. The Hall–Kier alpha value is -2.22. The summed E-state index contributed by atoms with van der Waals surface area (Å²) in [6.45, 7) is 15.3. The monoisotopic (exact) mass is 576 g/mol. The van der Waals surface area contributed by atoms with Crippen molar-refractivity contribution in [2.24, 2.45) is 5.16 Å². The van der Waals surface area contributed by atoms with E-state index in [9.17, 15) is 4.79 Å². The van der Waals surface area contributed by atoms with Crippen molar-refractivity contribution in [3.8, 4) is 6.07 Å². The van der Waals surface area contributed by atoms with Crippen molar-refractivity contribution >= 4 is 47.2 Å². The highest BCUT2D eigenvalue weighted by atomic mass is 127. The van der Waals surface area contributed by atoms with Crippen molar-refractivity contribution in [1.82, 2.24) is 0 Å². The molecule has 8 heteroatoms. The van der Waals surface area contributed by atoms with E-state index in [2.05, 4.69) is 33.8 Å². The number of rotatable bonds is 3. The Labute approximate surface area is 217 Å². The molecule has 3 rings (SSSR count). The second-order valence-corrected chi connectivity index (χ2v) is 10.1. The van der Waals surface area contributed by atoms with E-state index in [1.807, 2.05) is 78.9 Å². The predicted octanol–water partition coefficient (Wildman–Crippen LogP) is 4.29. The number of carbonyl (C=O) groups is 1. The molecule has 6 nitrogen and oxygen atoms in total. The van der Waals surface area contributed by atoms with Gasteiger partial charge in [0.15, 0.2) is 5.78 Å². The van der Waals surface area contributed by atoms with Gasteiger partial charge in [0.05, 0.1) is 16.2 Å². The summed E-state index contributed by atoms with van der Waals surface area (Å²) < 4.78 is 0.470. The van der Waals surface area contributed by atoms with Crippen molar-refractivity contribution in [1.29, 1.82) is 5.26 Å². The summed E-state index contributed by atoms with van der Waals surface area (Å²) in [4.78, 5) is 16.1.